The first-order valence-corrected chi connectivity index (χ1v) is 7.14. The predicted octanol–water partition coefficient (Wildman–Crippen LogP) is 3.16. The highest BCUT2D eigenvalue weighted by Gasteiger charge is 2.24. The third-order valence-corrected chi connectivity index (χ3v) is 4.29. The van der Waals surface area contributed by atoms with E-state index in [1.54, 1.807) is 11.3 Å². The Morgan fingerprint density at radius 2 is 2.25 bits per heavy atom. The highest BCUT2D eigenvalue weighted by Crippen LogP contribution is 2.32. The second-order valence-corrected chi connectivity index (χ2v) is 6.43. The van der Waals surface area contributed by atoms with Crippen LogP contribution in [0.4, 0.5) is 0 Å². The van der Waals surface area contributed by atoms with Gasteiger partial charge in [0, 0.05) is 27.8 Å². The number of thiophene rings is 1. The van der Waals surface area contributed by atoms with Crippen LogP contribution in [0.25, 0.3) is 10.4 Å². The summed E-state index contributed by atoms with van der Waals surface area (Å²) in [6.45, 7) is 7.11. The lowest BCUT2D eigenvalue weighted by molar-refractivity contribution is -0.143. The number of carbonyl (C=O) groups is 1. The van der Waals surface area contributed by atoms with Crippen LogP contribution in [0.2, 0.25) is 0 Å². The molecule has 1 N–H and O–H groups in total. The van der Waals surface area contributed by atoms with E-state index in [-0.39, 0.29) is 11.4 Å². The second-order valence-electron chi connectivity index (χ2n) is 5.32. The zero-order valence-corrected chi connectivity index (χ0v) is 13.0. The molecule has 20 heavy (non-hydrogen) atoms. The molecule has 0 saturated heterocycles. The number of hydrogen-bond donors (Lipinski definition) is 1. The van der Waals surface area contributed by atoms with Crippen LogP contribution in [-0.2, 0) is 14.9 Å². The summed E-state index contributed by atoms with van der Waals surface area (Å²) in [6.07, 6.45) is 0. The van der Waals surface area contributed by atoms with Gasteiger partial charge in [0.2, 0.25) is 0 Å². The van der Waals surface area contributed by atoms with Gasteiger partial charge >= 0.3 is 5.97 Å². The van der Waals surface area contributed by atoms with Gasteiger partial charge in [-0.2, -0.15) is 0 Å². The lowest BCUT2D eigenvalue weighted by atomic mass is 9.95. The van der Waals surface area contributed by atoms with E-state index in [9.17, 15) is 4.79 Å². The molecule has 1 aromatic heterocycles. The molecule has 0 radical (unpaired) electrons. The number of nitrogens with one attached hydrogen (secondary N) is 1. The van der Waals surface area contributed by atoms with Crippen molar-refractivity contribution in [1.82, 2.24) is 5.32 Å². The van der Waals surface area contributed by atoms with E-state index in [0.717, 1.165) is 4.88 Å². The van der Waals surface area contributed by atoms with Gasteiger partial charge in [0.15, 0.2) is 0 Å². The monoisotopic (exact) mass is 296 g/mol. The Hall–Kier alpha value is -1.56. The van der Waals surface area contributed by atoms with Crippen molar-refractivity contribution in [2.45, 2.75) is 32.2 Å². The second kappa shape index (κ2) is 7.28. The Morgan fingerprint density at radius 3 is 2.75 bits per heavy atom. The summed E-state index contributed by atoms with van der Waals surface area (Å²) in [5.41, 5.74) is 8.29. The number of azide groups is 1. The maximum Gasteiger partial charge on any atom is 0.328 e. The topological polar surface area (TPSA) is 87.1 Å². The van der Waals surface area contributed by atoms with Gasteiger partial charge in [-0.1, -0.05) is 25.9 Å². The summed E-state index contributed by atoms with van der Waals surface area (Å²) < 4.78 is 4.82. The molecule has 1 unspecified atom stereocenters. The van der Waals surface area contributed by atoms with Gasteiger partial charge in [0.05, 0.1) is 7.11 Å². The van der Waals surface area contributed by atoms with Gasteiger partial charge in [-0.3, -0.25) is 5.32 Å². The Morgan fingerprint density at radius 1 is 1.55 bits per heavy atom. The fourth-order valence-corrected chi connectivity index (χ4v) is 2.76. The highest BCUT2D eigenvalue weighted by molar-refractivity contribution is 7.12. The van der Waals surface area contributed by atoms with E-state index in [1.807, 2.05) is 12.1 Å². The summed E-state index contributed by atoms with van der Waals surface area (Å²) in [5.74, 6) is -0.340. The van der Waals surface area contributed by atoms with Crippen molar-refractivity contribution in [3.8, 4) is 0 Å². The van der Waals surface area contributed by atoms with Crippen molar-refractivity contribution in [3.63, 3.8) is 0 Å². The van der Waals surface area contributed by atoms with Gasteiger partial charge < -0.3 is 4.74 Å². The molecule has 0 aliphatic heterocycles. The Bertz CT molecular complexity index is 501. The fraction of sp³-hybridized carbons (Fsp3) is 0.615. The molecule has 1 rings (SSSR count). The van der Waals surface area contributed by atoms with Gasteiger partial charge in [-0.15, -0.1) is 11.3 Å². The Labute approximate surface area is 122 Å². The van der Waals surface area contributed by atoms with E-state index in [0.29, 0.717) is 13.1 Å². The molecule has 6 nitrogen and oxygen atoms in total. The lowest BCUT2D eigenvalue weighted by Gasteiger charge is -2.17. The molecule has 0 fully saturated rings. The Balaban J connectivity index is 2.85. The number of carbonyl (C=O) groups excluding carboxylic acids is 1. The van der Waals surface area contributed by atoms with Gasteiger partial charge in [0.1, 0.15) is 6.04 Å². The molecule has 0 aliphatic carbocycles. The lowest BCUT2D eigenvalue weighted by Crippen LogP contribution is -2.30. The molecule has 0 aromatic carbocycles. The maximum absolute atomic E-state index is 11.9. The molecule has 0 amide bonds. The average Bonchev–Trinajstić information content (AvgIpc) is 2.87. The number of nitrogens with zero attached hydrogens (tertiary/aromatic N) is 3. The first kappa shape index (κ1) is 16.5. The minimum Gasteiger partial charge on any atom is -0.468 e. The minimum absolute atomic E-state index is 0.0503. The van der Waals surface area contributed by atoms with Crippen molar-refractivity contribution < 1.29 is 9.53 Å². The van der Waals surface area contributed by atoms with Crippen LogP contribution in [0.1, 0.15) is 36.6 Å². The van der Waals surface area contributed by atoms with Crippen molar-refractivity contribution in [3.05, 3.63) is 32.3 Å². The van der Waals surface area contributed by atoms with E-state index in [1.165, 1.54) is 12.0 Å². The van der Waals surface area contributed by atoms with E-state index < -0.39 is 6.04 Å². The van der Waals surface area contributed by atoms with Gasteiger partial charge in [-0.25, -0.2) is 4.79 Å². The molecular weight excluding hydrogens is 276 g/mol. The van der Waals surface area contributed by atoms with Crippen LogP contribution in [0.3, 0.4) is 0 Å². The average molecular weight is 296 g/mol. The molecule has 0 aliphatic rings. The quantitative estimate of drug-likeness (QED) is 0.287. The van der Waals surface area contributed by atoms with Crippen molar-refractivity contribution in [2.24, 2.45) is 5.11 Å². The van der Waals surface area contributed by atoms with Crippen LogP contribution in [0.15, 0.2) is 17.2 Å². The molecule has 0 bridgehead atoms. The fourth-order valence-electron chi connectivity index (χ4n) is 1.63. The molecule has 1 heterocycles. The van der Waals surface area contributed by atoms with Crippen molar-refractivity contribution >= 4 is 17.3 Å². The molecule has 0 saturated carbocycles. The SMILES string of the molecule is COC(=O)C(NCCN=[N+]=[N-])c1ccc(C(C)(C)C)s1. The van der Waals surface area contributed by atoms with E-state index in [2.05, 4.69) is 36.1 Å². The minimum atomic E-state index is -0.519. The Kier molecular flexibility index (Phi) is 6.01. The summed E-state index contributed by atoms with van der Waals surface area (Å²) in [6, 6.07) is 3.45. The summed E-state index contributed by atoms with van der Waals surface area (Å²) >= 11 is 1.59. The number of methoxy groups -OCH3 is 1. The summed E-state index contributed by atoms with van der Waals surface area (Å²) in [7, 11) is 1.36. The van der Waals surface area contributed by atoms with Crippen LogP contribution >= 0.6 is 11.3 Å². The maximum atomic E-state index is 11.9. The highest BCUT2D eigenvalue weighted by atomic mass is 32.1. The molecule has 7 heteroatoms. The van der Waals surface area contributed by atoms with E-state index in [4.69, 9.17) is 10.3 Å². The summed E-state index contributed by atoms with van der Waals surface area (Å²) in [4.78, 5) is 16.6. The molecular formula is C13H20N4O2S. The van der Waals surface area contributed by atoms with E-state index >= 15 is 0 Å². The molecule has 0 spiro atoms. The van der Waals surface area contributed by atoms with Gasteiger partial charge in [-0.05, 0) is 23.1 Å². The third-order valence-electron chi connectivity index (χ3n) is 2.71. The van der Waals surface area contributed by atoms with Crippen LogP contribution in [-0.4, -0.2) is 26.2 Å². The largest absolute Gasteiger partial charge is 0.468 e. The van der Waals surface area contributed by atoms with Gasteiger partial charge in [0.25, 0.3) is 0 Å². The predicted molar refractivity (Wildman–Crippen MR) is 79.8 cm³/mol. The third kappa shape index (κ3) is 4.52. The standard InChI is InChI=1S/C13H20N4O2S/c1-13(2,3)10-6-5-9(20-10)11(12(18)19-4)15-7-8-16-17-14/h5-6,11,15H,7-8H2,1-4H3. The van der Waals surface area contributed by atoms with Crippen LogP contribution < -0.4 is 5.32 Å². The zero-order chi connectivity index (χ0) is 15.2. The number of esters is 1. The first-order chi connectivity index (χ1) is 9.40. The number of ether oxygens (including phenoxy) is 1. The molecule has 1 atom stereocenters. The van der Waals surface area contributed by atoms with Crippen molar-refractivity contribution in [2.75, 3.05) is 20.2 Å². The smallest absolute Gasteiger partial charge is 0.328 e. The molecule has 110 valence electrons. The van der Waals surface area contributed by atoms with Crippen molar-refractivity contribution in [1.29, 1.82) is 0 Å². The van der Waals surface area contributed by atoms with Crippen LogP contribution in [0.5, 0.6) is 0 Å². The normalized spacial score (nSPS) is 12.6. The zero-order valence-electron chi connectivity index (χ0n) is 12.2. The summed E-state index contributed by atoms with van der Waals surface area (Å²) in [5, 5.41) is 6.49. The number of hydrogen-bond acceptors (Lipinski definition) is 5. The van der Waals surface area contributed by atoms with Crippen LogP contribution in [0, 0.1) is 0 Å². The molecule has 1 aromatic rings. The number of rotatable bonds is 6. The first-order valence-electron chi connectivity index (χ1n) is 6.32.